The number of carbonyl (C=O) groups is 2. The lowest BCUT2D eigenvalue weighted by Gasteiger charge is -2.38. The number of hydrogen-bond donors (Lipinski definition) is 2. The maximum atomic E-state index is 12.7. The van der Waals surface area contributed by atoms with Gasteiger partial charge in [0.2, 0.25) is 0 Å². The molecular formula is C21H21F3N2O3. The minimum atomic E-state index is -4.37. The maximum absolute atomic E-state index is 12.7. The molecule has 1 heterocycles. The van der Waals surface area contributed by atoms with E-state index in [4.69, 9.17) is 4.74 Å². The molecule has 0 saturated carbocycles. The fourth-order valence-corrected chi connectivity index (χ4v) is 3.12. The molecule has 0 bridgehead atoms. The Hall–Kier alpha value is -3.03. The second kappa shape index (κ2) is 7.09. The normalized spacial score (nSPS) is 19.7. The first-order chi connectivity index (χ1) is 13.4. The van der Waals surface area contributed by atoms with Gasteiger partial charge in [-0.05, 0) is 40.8 Å². The Balaban J connectivity index is 1.74. The van der Waals surface area contributed by atoms with E-state index < -0.39 is 34.6 Å². The van der Waals surface area contributed by atoms with E-state index in [1.54, 1.807) is 24.3 Å². The van der Waals surface area contributed by atoms with Crippen molar-refractivity contribution >= 4 is 11.9 Å². The molecule has 1 fully saturated rings. The summed E-state index contributed by atoms with van der Waals surface area (Å²) in [6.07, 6.45) is -4.37. The highest BCUT2D eigenvalue weighted by atomic mass is 19.4. The molecule has 1 atom stereocenters. The third-order valence-corrected chi connectivity index (χ3v) is 5.08. The predicted molar refractivity (Wildman–Crippen MR) is 101 cm³/mol. The summed E-state index contributed by atoms with van der Waals surface area (Å²) in [4.78, 5) is 24.0. The highest BCUT2D eigenvalue weighted by molar-refractivity contribution is 6.07. The van der Waals surface area contributed by atoms with Crippen LogP contribution in [0.4, 0.5) is 18.0 Å². The van der Waals surface area contributed by atoms with E-state index in [2.05, 4.69) is 10.6 Å². The average molecular weight is 406 g/mol. The number of alkyl halides is 3. The standard InChI is InChI=1S/C21H21F3N2O3/c1-19(2,3)20(17(27)25-18(28)26-20)12-29-16-10-6-14(7-11-16)13-4-8-15(9-5-13)21(22,23)24/h4-11H,12H2,1-3H3,(H2,25,26,27,28). The van der Waals surface area contributed by atoms with E-state index in [1.165, 1.54) is 12.1 Å². The van der Waals surface area contributed by atoms with Gasteiger partial charge in [-0.2, -0.15) is 13.2 Å². The number of halogens is 3. The average Bonchev–Trinajstić information content (AvgIpc) is 2.94. The largest absolute Gasteiger partial charge is 0.491 e. The van der Waals surface area contributed by atoms with Crippen LogP contribution in [0.25, 0.3) is 11.1 Å². The van der Waals surface area contributed by atoms with Crippen LogP contribution >= 0.6 is 0 Å². The van der Waals surface area contributed by atoms with Crippen LogP contribution in [0.1, 0.15) is 26.3 Å². The highest BCUT2D eigenvalue weighted by Gasteiger charge is 2.55. The van der Waals surface area contributed by atoms with E-state index in [0.29, 0.717) is 11.3 Å². The van der Waals surface area contributed by atoms with Crippen LogP contribution in [0.5, 0.6) is 5.75 Å². The topological polar surface area (TPSA) is 67.4 Å². The minimum Gasteiger partial charge on any atom is -0.491 e. The monoisotopic (exact) mass is 406 g/mol. The van der Waals surface area contributed by atoms with Crippen LogP contribution in [0.2, 0.25) is 0 Å². The molecule has 0 aliphatic carbocycles. The number of urea groups is 1. The van der Waals surface area contributed by atoms with Gasteiger partial charge in [-0.1, -0.05) is 45.0 Å². The lowest BCUT2D eigenvalue weighted by Crippen LogP contribution is -2.60. The molecule has 8 heteroatoms. The summed E-state index contributed by atoms with van der Waals surface area (Å²) in [7, 11) is 0. The molecule has 3 rings (SSSR count). The second-order valence-electron chi connectivity index (χ2n) is 7.95. The summed E-state index contributed by atoms with van der Waals surface area (Å²) in [5, 5.41) is 4.91. The molecular weight excluding hydrogens is 385 g/mol. The molecule has 5 nitrogen and oxygen atoms in total. The lowest BCUT2D eigenvalue weighted by atomic mass is 9.74. The van der Waals surface area contributed by atoms with Crippen molar-refractivity contribution in [2.75, 3.05) is 6.61 Å². The van der Waals surface area contributed by atoms with E-state index in [9.17, 15) is 22.8 Å². The number of amides is 3. The van der Waals surface area contributed by atoms with Crippen molar-refractivity contribution in [3.05, 3.63) is 54.1 Å². The van der Waals surface area contributed by atoms with Crippen molar-refractivity contribution in [2.45, 2.75) is 32.5 Å². The zero-order valence-electron chi connectivity index (χ0n) is 16.2. The second-order valence-corrected chi connectivity index (χ2v) is 7.95. The summed E-state index contributed by atoms with van der Waals surface area (Å²) >= 11 is 0. The number of hydrogen-bond acceptors (Lipinski definition) is 3. The minimum absolute atomic E-state index is 0.0618. The number of imide groups is 1. The molecule has 0 spiro atoms. The molecule has 3 amide bonds. The quantitative estimate of drug-likeness (QED) is 0.741. The maximum Gasteiger partial charge on any atom is 0.416 e. The van der Waals surface area contributed by atoms with Gasteiger partial charge < -0.3 is 10.1 Å². The van der Waals surface area contributed by atoms with Crippen LogP contribution in [0.15, 0.2) is 48.5 Å². The molecule has 2 aromatic rings. The Labute approximate surface area is 166 Å². The van der Waals surface area contributed by atoms with E-state index in [1.807, 2.05) is 20.8 Å². The SMILES string of the molecule is CC(C)(C)C1(COc2ccc(-c3ccc(C(F)(F)F)cc3)cc2)NC(=O)NC1=O. The number of carbonyl (C=O) groups excluding carboxylic acids is 2. The Kier molecular flexibility index (Phi) is 5.06. The molecule has 0 aromatic heterocycles. The summed E-state index contributed by atoms with van der Waals surface area (Å²) < 4.78 is 43.8. The Bertz CT molecular complexity index is 916. The Morgan fingerprint density at radius 3 is 1.83 bits per heavy atom. The smallest absolute Gasteiger partial charge is 0.416 e. The van der Waals surface area contributed by atoms with Crippen LogP contribution in [0.3, 0.4) is 0 Å². The molecule has 2 aromatic carbocycles. The van der Waals surface area contributed by atoms with Gasteiger partial charge in [-0.3, -0.25) is 10.1 Å². The molecule has 0 radical (unpaired) electrons. The molecule has 29 heavy (non-hydrogen) atoms. The van der Waals surface area contributed by atoms with E-state index in [-0.39, 0.29) is 6.61 Å². The third-order valence-electron chi connectivity index (χ3n) is 5.08. The fourth-order valence-electron chi connectivity index (χ4n) is 3.12. The van der Waals surface area contributed by atoms with Crippen LogP contribution in [-0.4, -0.2) is 24.1 Å². The van der Waals surface area contributed by atoms with Gasteiger partial charge in [0, 0.05) is 0 Å². The first-order valence-electron chi connectivity index (χ1n) is 8.96. The van der Waals surface area contributed by atoms with Gasteiger partial charge in [0.25, 0.3) is 5.91 Å². The van der Waals surface area contributed by atoms with Crippen molar-refractivity contribution in [1.29, 1.82) is 0 Å². The van der Waals surface area contributed by atoms with Crippen molar-refractivity contribution in [1.82, 2.24) is 10.6 Å². The third kappa shape index (κ3) is 4.06. The summed E-state index contributed by atoms with van der Waals surface area (Å²) in [5.41, 5.74) is -1.15. The zero-order valence-corrected chi connectivity index (χ0v) is 16.2. The van der Waals surface area contributed by atoms with Gasteiger partial charge in [0.15, 0.2) is 5.54 Å². The molecule has 1 aliphatic heterocycles. The zero-order chi connectivity index (χ0) is 21.4. The van der Waals surface area contributed by atoms with Crippen LogP contribution < -0.4 is 15.4 Å². The summed E-state index contributed by atoms with van der Waals surface area (Å²) in [6, 6.07) is 11.1. The van der Waals surface area contributed by atoms with Gasteiger partial charge in [-0.15, -0.1) is 0 Å². The molecule has 2 N–H and O–H groups in total. The summed E-state index contributed by atoms with van der Waals surface area (Å²) in [6.45, 7) is 5.42. The summed E-state index contributed by atoms with van der Waals surface area (Å²) in [5.74, 6) is 0.0228. The predicted octanol–water partition coefficient (Wildman–Crippen LogP) is 4.38. The fraction of sp³-hybridized carbons (Fsp3) is 0.333. The van der Waals surface area contributed by atoms with Gasteiger partial charge in [-0.25, -0.2) is 4.79 Å². The Morgan fingerprint density at radius 2 is 1.41 bits per heavy atom. The molecule has 1 saturated heterocycles. The van der Waals surface area contributed by atoms with Crippen molar-refractivity contribution in [3.63, 3.8) is 0 Å². The van der Waals surface area contributed by atoms with Crippen molar-refractivity contribution in [2.24, 2.45) is 5.41 Å². The van der Waals surface area contributed by atoms with Gasteiger partial charge in [0.1, 0.15) is 12.4 Å². The first-order valence-corrected chi connectivity index (χ1v) is 8.96. The van der Waals surface area contributed by atoms with Crippen molar-refractivity contribution < 1.29 is 27.5 Å². The van der Waals surface area contributed by atoms with Crippen LogP contribution in [-0.2, 0) is 11.0 Å². The number of benzene rings is 2. The van der Waals surface area contributed by atoms with E-state index in [0.717, 1.165) is 17.7 Å². The molecule has 154 valence electrons. The first kappa shape index (κ1) is 20.7. The van der Waals surface area contributed by atoms with E-state index >= 15 is 0 Å². The molecule has 1 unspecified atom stereocenters. The Morgan fingerprint density at radius 1 is 0.897 bits per heavy atom. The van der Waals surface area contributed by atoms with Gasteiger partial charge >= 0.3 is 12.2 Å². The lowest BCUT2D eigenvalue weighted by molar-refractivity contribution is -0.137. The highest BCUT2D eigenvalue weighted by Crippen LogP contribution is 2.34. The van der Waals surface area contributed by atoms with Crippen molar-refractivity contribution in [3.8, 4) is 16.9 Å². The number of ether oxygens (including phenoxy) is 1. The number of nitrogens with one attached hydrogen (secondary N) is 2. The molecule has 1 aliphatic rings. The van der Waals surface area contributed by atoms with Gasteiger partial charge in [0.05, 0.1) is 5.56 Å². The van der Waals surface area contributed by atoms with Crippen LogP contribution in [0, 0.1) is 5.41 Å². The number of rotatable bonds is 4.